The predicted molar refractivity (Wildman–Crippen MR) is 116 cm³/mol. The zero-order valence-electron chi connectivity index (χ0n) is 17.6. The summed E-state index contributed by atoms with van der Waals surface area (Å²) in [4.78, 5) is 23.2. The third-order valence-corrected chi connectivity index (χ3v) is 6.01. The van der Waals surface area contributed by atoms with Crippen LogP contribution < -0.4 is 20.3 Å². The molecular formula is C22H25N6O3+. The largest absolute Gasteiger partial charge is 0.497 e. The van der Waals surface area contributed by atoms with Crippen LogP contribution in [0, 0.1) is 0 Å². The van der Waals surface area contributed by atoms with Crippen molar-refractivity contribution >= 4 is 22.4 Å². The van der Waals surface area contributed by atoms with Gasteiger partial charge in [-0.15, -0.1) is 0 Å². The number of methoxy groups -OCH3 is 1. The van der Waals surface area contributed by atoms with Crippen LogP contribution in [0.1, 0.15) is 18.4 Å². The summed E-state index contributed by atoms with van der Waals surface area (Å²) >= 11 is 0. The summed E-state index contributed by atoms with van der Waals surface area (Å²) in [7, 11) is 3.72. The highest BCUT2D eigenvalue weighted by Crippen LogP contribution is 2.25. The molecule has 0 bridgehead atoms. The second-order valence-corrected chi connectivity index (χ2v) is 7.79. The molecule has 1 aliphatic rings. The summed E-state index contributed by atoms with van der Waals surface area (Å²) in [5, 5.41) is 5.06. The Morgan fingerprint density at radius 2 is 2.03 bits per heavy atom. The number of hydrogen-bond donors (Lipinski definition) is 0. The molecule has 1 aliphatic heterocycles. The Bertz CT molecular complexity index is 1270. The molecule has 160 valence electrons. The van der Waals surface area contributed by atoms with E-state index in [0.717, 1.165) is 48.4 Å². The number of aromatic nitrogens is 5. The third kappa shape index (κ3) is 3.50. The first kappa shape index (κ1) is 19.5. The fourth-order valence-electron chi connectivity index (χ4n) is 4.18. The molecule has 4 aromatic rings. The lowest BCUT2D eigenvalue weighted by molar-refractivity contribution is -0.345. The molecule has 1 N–H and O–H groups in total. The highest BCUT2D eigenvalue weighted by molar-refractivity contribution is 5.89. The lowest BCUT2D eigenvalue weighted by atomic mass is 10.1. The lowest BCUT2D eigenvalue weighted by Gasteiger charge is -2.32. The van der Waals surface area contributed by atoms with Gasteiger partial charge >= 0.3 is 5.69 Å². The van der Waals surface area contributed by atoms with E-state index < -0.39 is 0 Å². The number of benzene rings is 1. The van der Waals surface area contributed by atoms with E-state index in [4.69, 9.17) is 14.5 Å². The molecule has 1 fully saturated rings. The van der Waals surface area contributed by atoms with E-state index in [1.54, 1.807) is 11.7 Å². The van der Waals surface area contributed by atoms with E-state index in [2.05, 4.69) is 28.1 Å². The van der Waals surface area contributed by atoms with Gasteiger partial charge in [0.25, 0.3) is 12.0 Å². The minimum atomic E-state index is -0.238. The highest BCUT2D eigenvalue weighted by Gasteiger charge is 2.23. The third-order valence-electron chi connectivity index (χ3n) is 6.01. The topological polar surface area (TPSA) is 88.0 Å². The summed E-state index contributed by atoms with van der Waals surface area (Å²) < 4.78 is 13.8. The minimum absolute atomic E-state index is 0.238. The Morgan fingerprint density at radius 3 is 2.77 bits per heavy atom. The fraction of sp³-hybridized carbons (Fsp3) is 0.364. The normalized spacial score (nSPS) is 14.9. The van der Waals surface area contributed by atoms with Crippen LogP contribution in [0.15, 0.2) is 47.7 Å². The quantitative estimate of drug-likeness (QED) is 0.486. The average Bonchev–Trinajstić information content (AvgIpc) is 3.32. The van der Waals surface area contributed by atoms with E-state index in [9.17, 15) is 4.79 Å². The van der Waals surface area contributed by atoms with Crippen molar-refractivity contribution in [3.05, 3.63) is 58.9 Å². The molecule has 5 rings (SSSR count). The number of aromatic amines is 1. The van der Waals surface area contributed by atoms with Gasteiger partial charge in [-0.3, -0.25) is 4.57 Å². The Balaban J connectivity index is 1.61. The van der Waals surface area contributed by atoms with Gasteiger partial charge in [0, 0.05) is 31.4 Å². The van der Waals surface area contributed by atoms with Gasteiger partial charge in [-0.2, -0.15) is 0 Å². The molecule has 1 aromatic carbocycles. The van der Waals surface area contributed by atoms with Gasteiger partial charge in [-0.1, -0.05) is 12.1 Å². The van der Waals surface area contributed by atoms with Gasteiger partial charge in [-0.25, -0.2) is 14.8 Å². The minimum Gasteiger partial charge on any atom is -0.497 e. The van der Waals surface area contributed by atoms with Crippen LogP contribution in [0.4, 0.5) is 5.69 Å². The molecular weight excluding hydrogens is 396 g/mol. The maximum Gasteiger partial charge on any atom is 0.425 e. The van der Waals surface area contributed by atoms with E-state index in [1.807, 2.05) is 30.5 Å². The number of rotatable bonds is 5. The van der Waals surface area contributed by atoms with Crippen molar-refractivity contribution in [1.29, 1.82) is 0 Å². The molecule has 0 atom stereocenters. The molecule has 4 heterocycles. The number of fused-ring (bicyclic) bond motifs is 3. The Hall–Kier alpha value is -3.46. The van der Waals surface area contributed by atoms with Crippen molar-refractivity contribution in [2.45, 2.75) is 25.4 Å². The fourth-order valence-corrected chi connectivity index (χ4v) is 4.18. The first-order valence-electron chi connectivity index (χ1n) is 10.4. The first-order chi connectivity index (χ1) is 15.2. The summed E-state index contributed by atoms with van der Waals surface area (Å²) in [6, 6.07) is 10.2. The molecule has 31 heavy (non-hydrogen) atoms. The zero-order chi connectivity index (χ0) is 21.4. The lowest BCUT2D eigenvalue weighted by Crippen LogP contribution is -2.36. The molecule has 9 heteroatoms. The van der Waals surface area contributed by atoms with Crippen molar-refractivity contribution < 1.29 is 14.5 Å². The smallest absolute Gasteiger partial charge is 0.425 e. The summed E-state index contributed by atoms with van der Waals surface area (Å²) in [6.07, 6.45) is 5.34. The maximum absolute atomic E-state index is 13.2. The summed E-state index contributed by atoms with van der Waals surface area (Å²) in [5.74, 6) is 0.775. The van der Waals surface area contributed by atoms with E-state index in [0.29, 0.717) is 23.9 Å². The Morgan fingerprint density at radius 1 is 1.26 bits per heavy atom. The van der Waals surface area contributed by atoms with Crippen molar-refractivity contribution in [3.63, 3.8) is 0 Å². The molecule has 1 saturated heterocycles. The number of nitrogens with zero attached hydrogens (tertiary/aromatic N) is 5. The average molecular weight is 421 g/mol. The van der Waals surface area contributed by atoms with Gasteiger partial charge in [0.1, 0.15) is 5.75 Å². The number of H-pyrrole nitrogens is 1. The van der Waals surface area contributed by atoms with E-state index in [-0.39, 0.29) is 5.69 Å². The van der Waals surface area contributed by atoms with Crippen LogP contribution in [-0.4, -0.2) is 52.6 Å². The van der Waals surface area contributed by atoms with Crippen LogP contribution in [0.5, 0.6) is 5.75 Å². The molecule has 0 spiro atoms. The predicted octanol–water partition coefficient (Wildman–Crippen LogP) is 1.53. The SMILES string of the molecule is COc1ccc(Cn2c(=O)n3nc[nH+]c3c3cc(N(C)C4CCOCC4)cnc32)cc1. The Labute approximate surface area is 178 Å². The van der Waals surface area contributed by atoms with Crippen LogP contribution >= 0.6 is 0 Å². The number of anilines is 1. The first-order valence-corrected chi connectivity index (χ1v) is 10.4. The van der Waals surface area contributed by atoms with E-state index >= 15 is 0 Å². The zero-order valence-corrected chi connectivity index (χ0v) is 17.6. The van der Waals surface area contributed by atoms with Gasteiger partial charge in [-0.05, 0) is 41.1 Å². The van der Waals surface area contributed by atoms with Gasteiger partial charge in [0.2, 0.25) is 0 Å². The maximum atomic E-state index is 13.2. The van der Waals surface area contributed by atoms with Gasteiger partial charge in [0.05, 0.1) is 30.9 Å². The number of hydrogen-bond acceptors (Lipinski definition) is 6. The number of pyridine rings is 1. The molecule has 0 radical (unpaired) electrons. The number of ether oxygens (including phenoxy) is 2. The van der Waals surface area contributed by atoms with Crippen molar-refractivity contribution in [2.24, 2.45) is 0 Å². The summed E-state index contributed by atoms with van der Waals surface area (Å²) in [5.41, 5.74) is 3.00. The second-order valence-electron chi connectivity index (χ2n) is 7.79. The monoisotopic (exact) mass is 421 g/mol. The van der Waals surface area contributed by atoms with Crippen LogP contribution in [-0.2, 0) is 11.3 Å². The standard InChI is InChI=1S/C22H24N6O3/c1-26(16-7-9-31-10-8-16)17-11-19-20(23-12-17)27(22(29)28-21(19)24-14-25-28)13-15-3-5-18(30-2)6-4-15/h3-6,11-12,14,16H,7-10,13H2,1-2H3/p+1. The molecule has 9 nitrogen and oxygen atoms in total. The van der Waals surface area contributed by atoms with Crippen molar-refractivity contribution in [3.8, 4) is 5.75 Å². The molecule has 0 aliphatic carbocycles. The summed E-state index contributed by atoms with van der Waals surface area (Å²) in [6.45, 7) is 1.94. The van der Waals surface area contributed by atoms with Crippen LogP contribution in [0.3, 0.4) is 0 Å². The van der Waals surface area contributed by atoms with Crippen molar-refractivity contribution in [1.82, 2.24) is 19.2 Å². The molecule has 3 aromatic heterocycles. The molecule has 0 saturated carbocycles. The van der Waals surface area contributed by atoms with E-state index in [1.165, 1.54) is 10.8 Å². The van der Waals surface area contributed by atoms with Gasteiger partial charge < -0.3 is 14.4 Å². The second kappa shape index (κ2) is 7.99. The van der Waals surface area contributed by atoms with Gasteiger partial charge in [0.15, 0.2) is 5.65 Å². The molecule has 0 amide bonds. The van der Waals surface area contributed by atoms with Crippen LogP contribution in [0.2, 0.25) is 0 Å². The number of nitrogens with one attached hydrogen (secondary N) is 1. The van der Waals surface area contributed by atoms with Crippen molar-refractivity contribution in [2.75, 3.05) is 32.3 Å². The van der Waals surface area contributed by atoms with Crippen LogP contribution in [0.25, 0.3) is 16.7 Å². The molecule has 0 unspecified atom stereocenters. The highest BCUT2D eigenvalue weighted by atomic mass is 16.5. The Kier molecular flexibility index (Phi) is 5.03.